The minimum atomic E-state index is 0.665. The molecule has 24 heavy (non-hydrogen) atoms. The van der Waals surface area contributed by atoms with E-state index in [-0.39, 0.29) is 0 Å². The quantitative estimate of drug-likeness (QED) is 0.816. The van der Waals surface area contributed by atoms with Gasteiger partial charge in [0.1, 0.15) is 5.69 Å². The molecule has 3 heterocycles. The molecule has 0 bridgehead atoms. The van der Waals surface area contributed by atoms with Crippen LogP contribution in [0.2, 0.25) is 0 Å². The van der Waals surface area contributed by atoms with E-state index in [9.17, 15) is 0 Å². The fourth-order valence-electron chi connectivity index (χ4n) is 3.50. The number of aromatic nitrogens is 4. The molecular weight excluding hydrogens is 298 g/mol. The third-order valence-electron chi connectivity index (χ3n) is 5.00. The summed E-state index contributed by atoms with van der Waals surface area (Å²) < 4.78 is 2.01. The molecule has 0 saturated carbocycles. The maximum absolute atomic E-state index is 4.67. The van der Waals surface area contributed by atoms with Crippen molar-refractivity contribution in [2.75, 3.05) is 13.1 Å². The molecular formula is C19H29N5. The standard InChI is InChI=1S/C19H29N5/c1-4-9-24-19(5-8-22-24)18-14-20-17(13-21-18)12-16-6-10-23(11-7-16)15(2)3/h5,8,13-16H,4,6-7,9-12H2,1-3H3. The van der Waals surface area contributed by atoms with Gasteiger partial charge in [0.05, 0.1) is 17.6 Å². The van der Waals surface area contributed by atoms with Gasteiger partial charge in [-0.2, -0.15) is 5.10 Å². The second-order valence-electron chi connectivity index (χ2n) is 7.11. The van der Waals surface area contributed by atoms with Crippen molar-refractivity contribution >= 4 is 0 Å². The van der Waals surface area contributed by atoms with Crippen molar-refractivity contribution in [3.63, 3.8) is 0 Å². The van der Waals surface area contributed by atoms with Crippen molar-refractivity contribution in [3.05, 3.63) is 30.4 Å². The lowest BCUT2D eigenvalue weighted by molar-refractivity contribution is 0.149. The molecule has 2 aromatic rings. The van der Waals surface area contributed by atoms with E-state index in [0.717, 1.165) is 42.4 Å². The summed E-state index contributed by atoms with van der Waals surface area (Å²) in [5.41, 5.74) is 3.09. The fraction of sp³-hybridized carbons (Fsp3) is 0.632. The highest BCUT2D eigenvalue weighted by Gasteiger charge is 2.21. The first-order valence-corrected chi connectivity index (χ1v) is 9.24. The van der Waals surface area contributed by atoms with Crippen LogP contribution in [0.1, 0.15) is 45.7 Å². The Balaban J connectivity index is 1.60. The highest BCUT2D eigenvalue weighted by molar-refractivity contribution is 5.52. The molecule has 0 spiro atoms. The molecule has 2 aromatic heterocycles. The van der Waals surface area contributed by atoms with Crippen LogP contribution in [-0.2, 0) is 13.0 Å². The van der Waals surface area contributed by atoms with Gasteiger partial charge in [-0.1, -0.05) is 6.92 Å². The minimum absolute atomic E-state index is 0.665. The summed E-state index contributed by atoms with van der Waals surface area (Å²) in [4.78, 5) is 11.9. The number of nitrogens with zero attached hydrogens (tertiary/aromatic N) is 5. The molecule has 130 valence electrons. The Morgan fingerprint density at radius 1 is 1.17 bits per heavy atom. The maximum atomic E-state index is 4.67. The van der Waals surface area contributed by atoms with E-state index in [1.54, 1.807) is 0 Å². The zero-order chi connectivity index (χ0) is 16.9. The zero-order valence-corrected chi connectivity index (χ0v) is 15.1. The number of hydrogen-bond acceptors (Lipinski definition) is 4. The highest BCUT2D eigenvalue weighted by Crippen LogP contribution is 2.23. The Bertz CT molecular complexity index is 623. The van der Waals surface area contributed by atoms with Gasteiger partial charge < -0.3 is 4.90 Å². The van der Waals surface area contributed by atoms with Crippen LogP contribution in [0.4, 0.5) is 0 Å². The van der Waals surface area contributed by atoms with E-state index in [1.165, 1.54) is 25.9 Å². The molecule has 0 amide bonds. The van der Waals surface area contributed by atoms with Crippen molar-refractivity contribution in [1.82, 2.24) is 24.6 Å². The van der Waals surface area contributed by atoms with Crippen molar-refractivity contribution in [1.29, 1.82) is 0 Å². The molecule has 0 radical (unpaired) electrons. The monoisotopic (exact) mass is 327 g/mol. The second kappa shape index (κ2) is 7.88. The van der Waals surface area contributed by atoms with Gasteiger partial charge >= 0.3 is 0 Å². The van der Waals surface area contributed by atoms with E-state index in [4.69, 9.17) is 0 Å². The van der Waals surface area contributed by atoms with Gasteiger partial charge in [-0.3, -0.25) is 14.6 Å². The number of hydrogen-bond donors (Lipinski definition) is 0. The number of aryl methyl sites for hydroxylation is 1. The van der Waals surface area contributed by atoms with E-state index in [0.29, 0.717) is 6.04 Å². The van der Waals surface area contributed by atoms with Crippen LogP contribution in [0, 0.1) is 5.92 Å². The van der Waals surface area contributed by atoms with Crippen LogP contribution in [0.25, 0.3) is 11.4 Å². The van der Waals surface area contributed by atoms with Crippen LogP contribution in [0.15, 0.2) is 24.7 Å². The molecule has 0 aromatic carbocycles. The molecule has 0 unspecified atom stereocenters. The van der Waals surface area contributed by atoms with Gasteiger partial charge in [0.25, 0.3) is 0 Å². The Morgan fingerprint density at radius 2 is 1.96 bits per heavy atom. The van der Waals surface area contributed by atoms with E-state index in [2.05, 4.69) is 40.7 Å². The van der Waals surface area contributed by atoms with Crippen molar-refractivity contribution in [2.45, 2.75) is 59.0 Å². The first-order chi connectivity index (χ1) is 11.7. The Labute approximate surface area is 145 Å². The first-order valence-electron chi connectivity index (χ1n) is 9.24. The molecule has 1 aliphatic heterocycles. The van der Waals surface area contributed by atoms with Crippen molar-refractivity contribution < 1.29 is 0 Å². The molecule has 1 aliphatic rings. The Kier molecular flexibility index (Phi) is 5.61. The first kappa shape index (κ1) is 17.1. The molecule has 1 fully saturated rings. The van der Waals surface area contributed by atoms with E-state index in [1.807, 2.05) is 29.3 Å². The minimum Gasteiger partial charge on any atom is -0.301 e. The summed E-state index contributed by atoms with van der Waals surface area (Å²) in [6.07, 6.45) is 10.3. The zero-order valence-electron chi connectivity index (χ0n) is 15.1. The van der Waals surface area contributed by atoms with Gasteiger partial charge in [-0.05, 0) is 64.6 Å². The summed E-state index contributed by atoms with van der Waals surface area (Å²) in [6.45, 7) is 10.1. The van der Waals surface area contributed by atoms with E-state index < -0.39 is 0 Å². The largest absolute Gasteiger partial charge is 0.301 e. The molecule has 3 rings (SSSR count). The number of piperidine rings is 1. The van der Waals surface area contributed by atoms with Crippen LogP contribution in [0.5, 0.6) is 0 Å². The Hall–Kier alpha value is -1.75. The lowest BCUT2D eigenvalue weighted by Crippen LogP contribution is -2.38. The predicted octanol–water partition coefficient (Wildman–Crippen LogP) is 3.41. The third-order valence-corrected chi connectivity index (χ3v) is 5.00. The summed E-state index contributed by atoms with van der Waals surface area (Å²) in [5.74, 6) is 0.741. The predicted molar refractivity (Wildman–Crippen MR) is 96.7 cm³/mol. The number of rotatable bonds is 6. The lowest BCUT2D eigenvalue weighted by Gasteiger charge is -2.34. The summed E-state index contributed by atoms with van der Waals surface area (Å²) in [6, 6.07) is 2.68. The van der Waals surface area contributed by atoms with Gasteiger partial charge in [0.15, 0.2) is 0 Å². The molecule has 5 heteroatoms. The molecule has 0 N–H and O–H groups in total. The van der Waals surface area contributed by atoms with Crippen LogP contribution in [0.3, 0.4) is 0 Å². The third kappa shape index (κ3) is 4.01. The summed E-state index contributed by atoms with van der Waals surface area (Å²) in [7, 11) is 0. The smallest absolute Gasteiger partial charge is 0.107 e. The number of likely N-dealkylation sites (tertiary alicyclic amines) is 1. The van der Waals surface area contributed by atoms with Gasteiger partial charge in [0, 0.05) is 25.0 Å². The van der Waals surface area contributed by atoms with Gasteiger partial charge in [-0.25, -0.2) is 0 Å². The average molecular weight is 327 g/mol. The molecule has 1 saturated heterocycles. The van der Waals surface area contributed by atoms with Gasteiger partial charge in [-0.15, -0.1) is 0 Å². The van der Waals surface area contributed by atoms with Crippen LogP contribution in [-0.4, -0.2) is 43.8 Å². The highest BCUT2D eigenvalue weighted by atomic mass is 15.3. The van der Waals surface area contributed by atoms with Gasteiger partial charge in [0.2, 0.25) is 0 Å². The Morgan fingerprint density at radius 3 is 2.58 bits per heavy atom. The normalized spacial score (nSPS) is 16.8. The molecule has 0 aliphatic carbocycles. The summed E-state index contributed by atoms with van der Waals surface area (Å²) >= 11 is 0. The SMILES string of the molecule is CCCn1nccc1-c1cnc(CC2CCN(C(C)C)CC2)cn1. The summed E-state index contributed by atoms with van der Waals surface area (Å²) in [5, 5.41) is 4.36. The lowest BCUT2D eigenvalue weighted by atomic mass is 9.92. The fourth-order valence-corrected chi connectivity index (χ4v) is 3.50. The maximum Gasteiger partial charge on any atom is 0.107 e. The van der Waals surface area contributed by atoms with Crippen LogP contribution >= 0.6 is 0 Å². The topological polar surface area (TPSA) is 46.8 Å². The van der Waals surface area contributed by atoms with Crippen molar-refractivity contribution in [2.24, 2.45) is 5.92 Å². The molecule has 0 atom stereocenters. The second-order valence-corrected chi connectivity index (χ2v) is 7.11. The van der Waals surface area contributed by atoms with Crippen LogP contribution < -0.4 is 0 Å². The molecule has 5 nitrogen and oxygen atoms in total. The average Bonchev–Trinajstić information content (AvgIpc) is 3.05. The van der Waals surface area contributed by atoms with E-state index >= 15 is 0 Å². The van der Waals surface area contributed by atoms with Crippen molar-refractivity contribution in [3.8, 4) is 11.4 Å².